The van der Waals surface area contributed by atoms with Crippen molar-refractivity contribution >= 4 is 27.8 Å². The third kappa shape index (κ3) is 5.42. The highest BCUT2D eigenvalue weighted by atomic mass is 32.2. The molecule has 0 aromatic heterocycles. The van der Waals surface area contributed by atoms with E-state index in [9.17, 15) is 22.8 Å². The lowest BCUT2D eigenvalue weighted by molar-refractivity contribution is -0.128. The molecule has 2 heterocycles. The monoisotopic (exact) mass is 401 g/mol. The van der Waals surface area contributed by atoms with Crippen molar-refractivity contribution in [1.29, 1.82) is 0 Å². The van der Waals surface area contributed by atoms with E-state index in [-0.39, 0.29) is 37.9 Å². The number of hydrogen-bond acceptors (Lipinski definition) is 6. The lowest BCUT2D eigenvalue weighted by Crippen LogP contribution is -2.47. The van der Waals surface area contributed by atoms with Crippen LogP contribution in [0.3, 0.4) is 0 Å². The molecule has 1 unspecified atom stereocenters. The van der Waals surface area contributed by atoms with E-state index in [0.29, 0.717) is 19.3 Å². The minimum atomic E-state index is -3.78. The van der Waals surface area contributed by atoms with Crippen molar-refractivity contribution in [2.75, 3.05) is 26.8 Å². The summed E-state index contributed by atoms with van der Waals surface area (Å²) in [4.78, 5) is 37.3. The molecule has 1 saturated heterocycles. The van der Waals surface area contributed by atoms with Gasteiger partial charge in [-0.1, -0.05) is 6.92 Å². The predicted octanol–water partition coefficient (Wildman–Crippen LogP) is -1.04. The number of rotatable bonds is 7. The lowest BCUT2D eigenvalue weighted by Gasteiger charge is -2.26. The summed E-state index contributed by atoms with van der Waals surface area (Å²) in [6.45, 7) is 1.77. The zero-order valence-electron chi connectivity index (χ0n) is 15.6. The van der Waals surface area contributed by atoms with Crippen LogP contribution >= 0.6 is 0 Å². The highest BCUT2D eigenvalue weighted by Crippen LogP contribution is 2.18. The standard InChI is InChI=1S/C16H27N5O5S/c1-12(16(17)24)5-6-15(23)18-13-4-3-7-20(10-14(13)22)27(25,26)21-9-8-19(2)11-21/h8-9,12-13H,3-7,10-11H2,1-2H3,(H2,17,24)(H,18,23)/t12?,13-/m0/s1. The topological polar surface area (TPSA) is 133 Å². The van der Waals surface area contributed by atoms with E-state index in [1.54, 1.807) is 25.1 Å². The van der Waals surface area contributed by atoms with Gasteiger partial charge in [-0.3, -0.25) is 14.4 Å². The van der Waals surface area contributed by atoms with Gasteiger partial charge in [0.05, 0.1) is 12.6 Å². The van der Waals surface area contributed by atoms with Crippen LogP contribution in [-0.2, 0) is 24.6 Å². The Kier molecular flexibility index (Phi) is 6.82. The van der Waals surface area contributed by atoms with Crippen molar-refractivity contribution < 1.29 is 22.8 Å². The van der Waals surface area contributed by atoms with Gasteiger partial charge in [0.1, 0.15) is 6.67 Å². The molecule has 3 N–H and O–H groups in total. The fraction of sp³-hybridized carbons (Fsp3) is 0.688. The molecule has 0 bridgehead atoms. The quantitative estimate of drug-likeness (QED) is 0.560. The molecular formula is C16H27N5O5S. The summed E-state index contributed by atoms with van der Waals surface area (Å²) >= 11 is 0. The Labute approximate surface area is 159 Å². The predicted molar refractivity (Wildman–Crippen MR) is 97.9 cm³/mol. The lowest BCUT2D eigenvalue weighted by atomic mass is 10.0. The van der Waals surface area contributed by atoms with Gasteiger partial charge in [0.15, 0.2) is 5.78 Å². The Hall–Kier alpha value is -2.14. The maximum Gasteiger partial charge on any atom is 0.305 e. The Balaban J connectivity index is 1.93. The van der Waals surface area contributed by atoms with Crippen molar-refractivity contribution in [2.24, 2.45) is 11.7 Å². The zero-order chi connectivity index (χ0) is 20.2. The number of ketones is 1. The summed E-state index contributed by atoms with van der Waals surface area (Å²) in [5.74, 6) is -1.59. The Morgan fingerprint density at radius 3 is 2.67 bits per heavy atom. The third-order valence-corrected chi connectivity index (χ3v) is 6.51. The van der Waals surface area contributed by atoms with Crippen LogP contribution in [0, 0.1) is 5.92 Å². The summed E-state index contributed by atoms with van der Waals surface area (Å²) in [6.07, 6.45) is 4.33. The first kappa shape index (κ1) is 21.2. The van der Waals surface area contributed by atoms with Crippen molar-refractivity contribution in [3.63, 3.8) is 0 Å². The van der Waals surface area contributed by atoms with Crippen LogP contribution in [-0.4, -0.2) is 72.4 Å². The highest BCUT2D eigenvalue weighted by Gasteiger charge is 2.35. The summed E-state index contributed by atoms with van der Waals surface area (Å²) < 4.78 is 27.7. The molecule has 152 valence electrons. The van der Waals surface area contributed by atoms with Crippen LogP contribution in [0.1, 0.15) is 32.6 Å². The van der Waals surface area contributed by atoms with E-state index in [4.69, 9.17) is 5.73 Å². The van der Waals surface area contributed by atoms with E-state index in [1.165, 1.54) is 10.5 Å². The van der Waals surface area contributed by atoms with Gasteiger partial charge in [0, 0.05) is 38.3 Å². The number of amides is 2. The van der Waals surface area contributed by atoms with E-state index in [0.717, 1.165) is 4.31 Å². The van der Waals surface area contributed by atoms with Crippen molar-refractivity contribution in [3.8, 4) is 0 Å². The van der Waals surface area contributed by atoms with Gasteiger partial charge in [-0.25, -0.2) is 4.31 Å². The average molecular weight is 401 g/mol. The number of carbonyl (C=O) groups excluding carboxylic acids is 3. The first-order valence-corrected chi connectivity index (χ1v) is 10.3. The Morgan fingerprint density at radius 1 is 1.37 bits per heavy atom. The molecular weight excluding hydrogens is 374 g/mol. The first-order chi connectivity index (χ1) is 12.6. The Morgan fingerprint density at radius 2 is 2.07 bits per heavy atom. The second-order valence-electron chi connectivity index (χ2n) is 7.00. The number of nitrogens with zero attached hydrogens (tertiary/aromatic N) is 3. The molecule has 27 heavy (non-hydrogen) atoms. The maximum absolute atomic E-state index is 12.7. The van der Waals surface area contributed by atoms with E-state index < -0.39 is 28.1 Å². The molecule has 10 nitrogen and oxygen atoms in total. The van der Waals surface area contributed by atoms with Crippen LogP contribution in [0.25, 0.3) is 0 Å². The molecule has 0 aromatic carbocycles. The number of Topliss-reactive ketones (excluding diaryl/α,β-unsaturated/α-hetero) is 1. The normalized spacial score (nSPS) is 22.6. The molecule has 2 aliphatic rings. The number of primary amides is 1. The molecule has 2 atom stereocenters. The number of hydrogen-bond donors (Lipinski definition) is 2. The average Bonchev–Trinajstić information content (AvgIpc) is 2.95. The van der Waals surface area contributed by atoms with E-state index in [2.05, 4.69) is 5.32 Å². The minimum Gasteiger partial charge on any atom is -0.369 e. The number of nitrogens with two attached hydrogens (primary N) is 1. The minimum absolute atomic E-state index is 0.0841. The molecule has 11 heteroatoms. The molecule has 0 aromatic rings. The van der Waals surface area contributed by atoms with Crippen molar-refractivity contribution in [3.05, 3.63) is 12.4 Å². The summed E-state index contributed by atoms with van der Waals surface area (Å²) in [5.41, 5.74) is 5.17. The maximum atomic E-state index is 12.7. The fourth-order valence-electron chi connectivity index (χ4n) is 2.90. The first-order valence-electron chi connectivity index (χ1n) is 8.88. The molecule has 2 amide bonds. The van der Waals surface area contributed by atoms with Gasteiger partial charge in [-0.2, -0.15) is 12.7 Å². The number of nitrogens with one attached hydrogen (secondary N) is 1. The van der Waals surface area contributed by atoms with Gasteiger partial charge in [0.25, 0.3) is 0 Å². The summed E-state index contributed by atoms with van der Waals surface area (Å²) in [7, 11) is -2.03. The SMILES string of the molecule is CC(CCC(=O)N[C@H]1CCCN(S(=O)(=O)N2C=CN(C)C2)CC1=O)C(N)=O. The highest BCUT2D eigenvalue weighted by molar-refractivity contribution is 7.86. The molecule has 2 aliphatic heterocycles. The summed E-state index contributed by atoms with van der Waals surface area (Å²) in [6, 6.07) is -0.724. The smallest absolute Gasteiger partial charge is 0.305 e. The summed E-state index contributed by atoms with van der Waals surface area (Å²) in [5, 5.41) is 2.65. The third-order valence-electron chi connectivity index (χ3n) is 4.72. The molecule has 0 radical (unpaired) electrons. The Bertz CT molecular complexity index is 723. The van der Waals surface area contributed by atoms with Gasteiger partial charge in [-0.05, 0) is 19.3 Å². The van der Waals surface area contributed by atoms with Crippen molar-refractivity contribution in [1.82, 2.24) is 18.8 Å². The van der Waals surface area contributed by atoms with E-state index in [1.807, 2.05) is 0 Å². The number of carbonyl (C=O) groups is 3. The zero-order valence-corrected chi connectivity index (χ0v) is 16.4. The molecule has 0 spiro atoms. The van der Waals surface area contributed by atoms with Crippen molar-refractivity contribution in [2.45, 2.75) is 38.6 Å². The second-order valence-corrected chi connectivity index (χ2v) is 8.88. The molecule has 2 rings (SSSR count). The van der Waals surface area contributed by atoms with E-state index >= 15 is 0 Å². The largest absolute Gasteiger partial charge is 0.369 e. The van der Waals surface area contributed by atoms with Crippen LogP contribution in [0.4, 0.5) is 0 Å². The van der Waals surface area contributed by atoms with Crippen LogP contribution in [0.5, 0.6) is 0 Å². The fourth-order valence-corrected chi connectivity index (χ4v) is 4.39. The van der Waals surface area contributed by atoms with Gasteiger partial charge >= 0.3 is 10.2 Å². The van der Waals surface area contributed by atoms with Crippen LogP contribution in [0.15, 0.2) is 12.4 Å². The van der Waals surface area contributed by atoms with Crippen LogP contribution < -0.4 is 11.1 Å². The second kappa shape index (κ2) is 8.70. The molecule has 0 saturated carbocycles. The van der Waals surface area contributed by atoms with Crippen LogP contribution in [0.2, 0.25) is 0 Å². The van der Waals surface area contributed by atoms with Gasteiger partial charge < -0.3 is 16.0 Å². The van der Waals surface area contributed by atoms with Gasteiger partial charge in [-0.15, -0.1) is 0 Å². The molecule has 0 aliphatic carbocycles. The molecule has 1 fully saturated rings. The van der Waals surface area contributed by atoms with Gasteiger partial charge in [0.2, 0.25) is 11.8 Å².